The molecule has 0 spiro atoms. The molecule has 5 heteroatoms. The van der Waals surface area contributed by atoms with Gasteiger partial charge in [-0.1, -0.05) is 91.0 Å². The highest BCUT2D eigenvalue weighted by molar-refractivity contribution is 6.20. The van der Waals surface area contributed by atoms with E-state index < -0.39 is 0 Å². The number of hydrogen-bond donors (Lipinski definition) is 0. The first-order valence-electron chi connectivity index (χ1n) is 15.7. The Labute approximate surface area is 266 Å². The van der Waals surface area contributed by atoms with Crippen molar-refractivity contribution in [2.24, 2.45) is 0 Å². The lowest BCUT2D eigenvalue weighted by Gasteiger charge is -2.10. The van der Waals surface area contributed by atoms with Crippen LogP contribution in [0.15, 0.2) is 148 Å². The quantitative estimate of drug-likeness (QED) is 0.198. The van der Waals surface area contributed by atoms with Gasteiger partial charge in [-0.15, -0.1) is 0 Å². The van der Waals surface area contributed by atoms with E-state index in [0.717, 1.165) is 87.6 Å². The molecule has 0 aliphatic carbocycles. The first kappa shape index (κ1) is 24.8. The molecule has 218 valence electrons. The molecule has 47 heavy (non-hydrogen) atoms. The van der Waals surface area contributed by atoms with Crippen molar-refractivity contribution in [3.8, 4) is 17.2 Å². The third-order valence-corrected chi connectivity index (χ3v) is 9.58. The largest absolute Gasteiger partial charge is 0.455 e. The van der Waals surface area contributed by atoms with Gasteiger partial charge in [0.15, 0.2) is 5.58 Å². The Bertz CT molecular complexity index is 3090. The van der Waals surface area contributed by atoms with Gasteiger partial charge in [0.25, 0.3) is 0 Å². The zero-order valence-electron chi connectivity index (χ0n) is 24.9. The SMILES string of the molecule is c1ccc2cc(-c3nc(-n4c5ccccc5c5cc6ccc7c8ccccc8oc7c6cc54)nc4c3oc3ccccc34)ccc2c1. The van der Waals surface area contributed by atoms with Crippen LogP contribution >= 0.6 is 0 Å². The maximum absolute atomic E-state index is 6.49. The summed E-state index contributed by atoms with van der Waals surface area (Å²) in [5, 5.41) is 9.97. The lowest BCUT2D eigenvalue weighted by Crippen LogP contribution is -2.03. The molecule has 0 amide bonds. The van der Waals surface area contributed by atoms with Crippen molar-refractivity contribution in [3.05, 3.63) is 140 Å². The van der Waals surface area contributed by atoms with Crippen molar-refractivity contribution in [1.29, 1.82) is 0 Å². The molecule has 0 saturated heterocycles. The van der Waals surface area contributed by atoms with Gasteiger partial charge in [-0.05, 0) is 64.7 Å². The van der Waals surface area contributed by atoms with E-state index in [0.29, 0.717) is 11.5 Å². The van der Waals surface area contributed by atoms with Crippen LogP contribution in [0.4, 0.5) is 0 Å². The van der Waals surface area contributed by atoms with E-state index in [1.165, 1.54) is 5.39 Å². The van der Waals surface area contributed by atoms with E-state index in [9.17, 15) is 0 Å². The second kappa shape index (κ2) is 9.05. The average molecular weight is 602 g/mol. The second-order valence-corrected chi connectivity index (χ2v) is 12.2. The smallest absolute Gasteiger partial charge is 0.236 e. The molecular weight excluding hydrogens is 578 g/mol. The molecule has 0 bridgehead atoms. The molecule has 4 heterocycles. The fraction of sp³-hybridized carbons (Fsp3) is 0. The third kappa shape index (κ3) is 3.43. The first-order chi connectivity index (χ1) is 23.3. The molecule has 0 fully saturated rings. The molecule has 4 aromatic heterocycles. The Balaban J connectivity index is 1.28. The number of furan rings is 2. The Hall–Kier alpha value is -6.46. The molecule has 7 aromatic carbocycles. The number of aromatic nitrogens is 3. The summed E-state index contributed by atoms with van der Waals surface area (Å²) in [5.74, 6) is 0.592. The van der Waals surface area contributed by atoms with Crippen LogP contribution in [0.3, 0.4) is 0 Å². The maximum Gasteiger partial charge on any atom is 0.236 e. The minimum absolute atomic E-state index is 0.592. The van der Waals surface area contributed by atoms with Crippen molar-refractivity contribution in [2.45, 2.75) is 0 Å². The Kier molecular flexibility index (Phi) is 4.78. The Morgan fingerprint density at radius 2 is 1.13 bits per heavy atom. The molecular formula is C42H23N3O2. The van der Waals surface area contributed by atoms with E-state index in [1.807, 2.05) is 30.3 Å². The van der Waals surface area contributed by atoms with Gasteiger partial charge in [-0.2, -0.15) is 0 Å². The van der Waals surface area contributed by atoms with Gasteiger partial charge in [0, 0.05) is 37.9 Å². The highest BCUT2D eigenvalue weighted by Crippen LogP contribution is 2.41. The van der Waals surface area contributed by atoms with Gasteiger partial charge < -0.3 is 8.83 Å². The maximum atomic E-state index is 6.49. The number of rotatable bonds is 2. The number of para-hydroxylation sites is 3. The van der Waals surface area contributed by atoms with E-state index in [2.05, 4.69) is 114 Å². The van der Waals surface area contributed by atoms with E-state index in [-0.39, 0.29) is 0 Å². The van der Waals surface area contributed by atoms with Gasteiger partial charge in [-0.3, -0.25) is 4.57 Å². The predicted molar refractivity (Wildman–Crippen MR) is 191 cm³/mol. The van der Waals surface area contributed by atoms with E-state index in [1.54, 1.807) is 0 Å². The van der Waals surface area contributed by atoms with Crippen molar-refractivity contribution >= 4 is 87.4 Å². The second-order valence-electron chi connectivity index (χ2n) is 12.2. The van der Waals surface area contributed by atoms with E-state index in [4.69, 9.17) is 18.8 Å². The zero-order valence-corrected chi connectivity index (χ0v) is 24.9. The van der Waals surface area contributed by atoms with Gasteiger partial charge in [0.05, 0.1) is 11.0 Å². The lowest BCUT2D eigenvalue weighted by atomic mass is 10.0. The summed E-state index contributed by atoms with van der Waals surface area (Å²) in [4.78, 5) is 10.6. The van der Waals surface area contributed by atoms with Crippen LogP contribution in [0.5, 0.6) is 0 Å². The summed E-state index contributed by atoms with van der Waals surface area (Å²) in [6, 6.07) is 48.5. The Morgan fingerprint density at radius 3 is 2.02 bits per heavy atom. The third-order valence-electron chi connectivity index (χ3n) is 9.58. The number of benzene rings is 7. The van der Waals surface area contributed by atoms with Crippen LogP contribution in [0.1, 0.15) is 0 Å². The van der Waals surface area contributed by atoms with Crippen LogP contribution in [0.2, 0.25) is 0 Å². The normalized spacial score (nSPS) is 12.3. The molecule has 0 saturated carbocycles. The fourth-order valence-corrected chi connectivity index (χ4v) is 7.40. The molecule has 0 aliphatic heterocycles. The van der Waals surface area contributed by atoms with Gasteiger partial charge in [-0.25, -0.2) is 9.97 Å². The van der Waals surface area contributed by atoms with Crippen molar-refractivity contribution in [1.82, 2.24) is 14.5 Å². The predicted octanol–water partition coefficient (Wildman–Crippen LogP) is 11.3. The lowest BCUT2D eigenvalue weighted by molar-refractivity contribution is 0.666. The van der Waals surface area contributed by atoms with Gasteiger partial charge in [0.1, 0.15) is 28.0 Å². The van der Waals surface area contributed by atoms with Crippen molar-refractivity contribution in [3.63, 3.8) is 0 Å². The standard InChI is InChI=1S/C42H23N3O2/c1-2-10-25-21-27(18-17-24(25)9-1)38-41-39(31-13-5-8-16-37(31)47-41)44-42(43-38)45-34-14-6-3-11-28(34)33-22-26-19-20-30-29-12-4-7-15-36(29)46-40(30)32(26)23-35(33)45/h1-23H. The summed E-state index contributed by atoms with van der Waals surface area (Å²) >= 11 is 0. The summed E-state index contributed by atoms with van der Waals surface area (Å²) in [6.45, 7) is 0. The molecule has 0 radical (unpaired) electrons. The molecule has 0 atom stereocenters. The van der Waals surface area contributed by atoms with E-state index >= 15 is 0 Å². The van der Waals surface area contributed by atoms with Crippen LogP contribution in [-0.4, -0.2) is 14.5 Å². The summed E-state index contributed by atoms with van der Waals surface area (Å²) < 4.78 is 15.2. The van der Waals surface area contributed by atoms with Crippen LogP contribution in [0.25, 0.3) is 105 Å². The molecule has 0 aliphatic rings. The van der Waals surface area contributed by atoms with Crippen LogP contribution in [0, 0.1) is 0 Å². The molecule has 11 aromatic rings. The summed E-state index contributed by atoms with van der Waals surface area (Å²) in [7, 11) is 0. The highest BCUT2D eigenvalue weighted by Gasteiger charge is 2.22. The molecule has 5 nitrogen and oxygen atoms in total. The molecule has 0 unspecified atom stereocenters. The van der Waals surface area contributed by atoms with Crippen molar-refractivity contribution in [2.75, 3.05) is 0 Å². The van der Waals surface area contributed by atoms with Crippen LogP contribution < -0.4 is 0 Å². The minimum atomic E-state index is 0.592. The van der Waals surface area contributed by atoms with Gasteiger partial charge in [0.2, 0.25) is 5.95 Å². The average Bonchev–Trinajstić information content (AvgIpc) is 3.80. The fourth-order valence-electron chi connectivity index (χ4n) is 7.40. The summed E-state index contributed by atoms with van der Waals surface area (Å²) in [5.41, 5.74) is 7.83. The minimum Gasteiger partial charge on any atom is -0.455 e. The van der Waals surface area contributed by atoms with Crippen molar-refractivity contribution < 1.29 is 8.83 Å². The Morgan fingerprint density at radius 1 is 0.426 bits per heavy atom. The number of hydrogen-bond acceptors (Lipinski definition) is 4. The number of nitrogens with zero attached hydrogens (tertiary/aromatic N) is 3. The molecule has 11 rings (SSSR count). The van der Waals surface area contributed by atoms with Crippen LogP contribution in [-0.2, 0) is 0 Å². The zero-order chi connectivity index (χ0) is 30.6. The van der Waals surface area contributed by atoms with Gasteiger partial charge >= 0.3 is 0 Å². The summed E-state index contributed by atoms with van der Waals surface area (Å²) in [6.07, 6.45) is 0. The topological polar surface area (TPSA) is 57.0 Å². The highest BCUT2D eigenvalue weighted by atomic mass is 16.3. The monoisotopic (exact) mass is 601 g/mol. The first-order valence-corrected chi connectivity index (χ1v) is 15.7. The number of fused-ring (bicyclic) bond motifs is 12. The molecule has 0 N–H and O–H groups in total.